The molecule has 4 nitrogen and oxygen atoms in total. The number of hydrogen-bond acceptors (Lipinski definition) is 4. The van der Waals surface area contributed by atoms with E-state index in [4.69, 9.17) is 25.8 Å². The molecule has 0 saturated carbocycles. The van der Waals surface area contributed by atoms with Crippen LogP contribution in [0.1, 0.15) is 43.6 Å². The van der Waals surface area contributed by atoms with Crippen molar-refractivity contribution in [2.75, 3.05) is 13.7 Å². The molecule has 158 valence electrons. The van der Waals surface area contributed by atoms with Crippen molar-refractivity contribution in [2.45, 2.75) is 46.2 Å². The second-order valence-corrected chi connectivity index (χ2v) is 8.45. The zero-order valence-corrected chi connectivity index (χ0v) is 18.4. The van der Waals surface area contributed by atoms with Gasteiger partial charge in [0.1, 0.15) is 5.75 Å². The topological polar surface area (TPSA) is 47.9 Å². The molecule has 29 heavy (non-hydrogen) atoms. The molecule has 5 atom stereocenters. The molecule has 0 aliphatic carbocycles. The lowest BCUT2D eigenvalue weighted by Gasteiger charge is -2.44. The third-order valence-electron chi connectivity index (χ3n) is 6.32. The fraction of sp³-hybridized carbons (Fsp3) is 0.500. The van der Waals surface area contributed by atoms with Crippen molar-refractivity contribution in [3.63, 3.8) is 0 Å². The summed E-state index contributed by atoms with van der Waals surface area (Å²) in [5.41, 5.74) is 2.90. The Morgan fingerprint density at radius 1 is 1.00 bits per heavy atom. The number of aliphatic hydroxyl groups excluding tert-OH is 1. The average Bonchev–Trinajstić information content (AvgIpc) is 2.74. The molecule has 1 N–H and O–H groups in total. The highest BCUT2D eigenvalue weighted by atomic mass is 35.5. The first-order valence-electron chi connectivity index (χ1n) is 10.2. The molecular weight excluding hydrogens is 388 g/mol. The molecule has 2 aromatic carbocycles. The Hall–Kier alpha value is -1.59. The summed E-state index contributed by atoms with van der Waals surface area (Å²) in [6, 6.07) is 13.7. The molecule has 1 fully saturated rings. The van der Waals surface area contributed by atoms with Crippen molar-refractivity contribution < 1.29 is 19.3 Å². The standard InChI is InChI=1S/C24H31ClO4/c1-15-16(2)23(14-28-13-18-5-8-21(27-4)9-6-18)29-24(17(15)3)19-7-10-22(25)20(11-19)12-26/h5-11,15-17,23-24,26H,12-14H2,1-4H3/t15-,16-,17?,23?,24+/m0/s1. The number of methoxy groups -OCH3 is 1. The van der Waals surface area contributed by atoms with Crippen LogP contribution in [0.25, 0.3) is 0 Å². The zero-order chi connectivity index (χ0) is 21.0. The van der Waals surface area contributed by atoms with E-state index in [-0.39, 0.29) is 18.8 Å². The smallest absolute Gasteiger partial charge is 0.118 e. The average molecular weight is 419 g/mol. The van der Waals surface area contributed by atoms with Crippen LogP contribution >= 0.6 is 11.6 Å². The molecular formula is C24H31ClO4. The molecule has 2 aromatic rings. The van der Waals surface area contributed by atoms with Gasteiger partial charge in [0.05, 0.1) is 39.1 Å². The van der Waals surface area contributed by atoms with Crippen molar-refractivity contribution in [1.29, 1.82) is 0 Å². The minimum atomic E-state index is -0.0753. The van der Waals surface area contributed by atoms with Crippen LogP contribution in [-0.2, 0) is 22.7 Å². The Balaban J connectivity index is 1.66. The molecule has 1 aliphatic heterocycles. The molecule has 0 spiro atoms. The van der Waals surface area contributed by atoms with Gasteiger partial charge in [0.15, 0.2) is 0 Å². The molecule has 2 unspecified atom stereocenters. The van der Waals surface area contributed by atoms with E-state index in [0.717, 1.165) is 22.4 Å². The predicted molar refractivity (Wildman–Crippen MR) is 115 cm³/mol. The Morgan fingerprint density at radius 2 is 1.72 bits per heavy atom. The van der Waals surface area contributed by atoms with Crippen LogP contribution in [0.3, 0.4) is 0 Å². The van der Waals surface area contributed by atoms with E-state index in [1.54, 1.807) is 7.11 Å². The van der Waals surface area contributed by atoms with Gasteiger partial charge in [-0.2, -0.15) is 0 Å². The lowest BCUT2D eigenvalue weighted by molar-refractivity contribution is -0.159. The first-order valence-corrected chi connectivity index (χ1v) is 10.6. The predicted octanol–water partition coefficient (Wildman–Crippen LogP) is 5.41. The van der Waals surface area contributed by atoms with Crippen LogP contribution in [0.2, 0.25) is 5.02 Å². The fourth-order valence-corrected chi connectivity index (χ4v) is 4.19. The fourth-order valence-electron chi connectivity index (χ4n) is 4.01. The first-order chi connectivity index (χ1) is 13.9. The van der Waals surface area contributed by atoms with Crippen molar-refractivity contribution >= 4 is 11.6 Å². The van der Waals surface area contributed by atoms with E-state index in [9.17, 15) is 5.11 Å². The number of ether oxygens (including phenoxy) is 3. The van der Waals surface area contributed by atoms with Crippen LogP contribution in [0, 0.1) is 17.8 Å². The van der Waals surface area contributed by atoms with Crippen LogP contribution in [-0.4, -0.2) is 24.9 Å². The van der Waals surface area contributed by atoms with Gasteiger partial charge >= 0.3 is 0 Å². The van der Waals surface area contributed by atoms with Crippen molar-refractivity contribution in [2.24, 2.45) is 17.8 Å². The van der Waals surface area contributed by atoms with Crippen molar-refractivity contribution in [3.05, 3.63) is 64.2 Å². The Bertz CT molecular complexity index is 792. The third kappa shape index (κ3) is 5.13. The highest BCUT2D eigenvalue weighted by molar-refractivity contribution is 6.31. The number of hydrogen-bond donors (Lipinski definition) is 1. The van der Waals surface area contributed by atoms with Gasteiger partial charge < -0.3 is 19.3 Å². The number of benzene rings is 2. The Morgan fingerprint density at radius 3 is 2.38 bits per heavy atom. The van der Waals surface area contributed by atoms with Gasteiger partial charge in [-0.05, 0) is 58.7 Å². The molecule has 0 aromatic heterocycles. The summed E-state index contributed by atoms with van der Waals surface area (Å²) in [4.78, 5) is 0. The minimum Gasteiger partial charge on any atom is -0.497 e. The third-order valence-corrected chi connectivity index (χ3v) is 6.69. The normalized spacial score (nSPS) is 27.0. The molecule has 0 radical (unpaired) electrons. The van der Waals surface area contributed by atoms with Gasteiger partial charge in [-0.1, -0.05) is 50.6 Å². The molecule has 1 saturated heterocycles. The maximum absolute atomic E-state index is 9.56. The largest absolute Gasteiger partial charge is 0.497 e. The second-order valence-electron chi connectivity index (χ2n) is 8.04. The highest BCUT2D eigenvalue weighted by Gasteiger charge is 2.39. The van der Waals surface area contributed by atoms with Gasteiger partial charge in [0.2, 0.25) is 0 Å². The van der Waals surface area contributed by atoms with Gasteiger partial charge in [0, 0.05) is 5.02 Å². The van der Waals surface area contributed by atoms with E-state index in [1.165, 1.54) is 0 Å². The minimum absolute atomic E-state index is 0.0118. The summed E-state index contributed by atoms with van der Waals surface area (Å²) in [5, 5.41) is 10.1. The van der Waals surface area contributed by atoms with Crippen LogP contribution in [0.5, 0.6) is 5.75 Å². The monoisotopic (exact) mass is 418 g/mol. The van der Waals surface area contributed by atoms with E-state index < -0.39 is 0 Å². The zero-order valence-electron chi connectivity index (χ0n) is 17.6. The van der Waals surface area contributed by atoms with Gasteiger partial charge in [-0.25, -0.2) is 0 Å². The molecule has 1 heterocycles. The number of aliphatic hydroxyl groups is 1. The van der Waals surface area contributed by atoms with E-state index in [2.05, 4.69) is 20.8 Å². The molecule has 5 heteroatoms. The maximum atomic E-state index is 9.56. The summed E-state index contributed by atoms with van der Waals surface area (Å²) in [7, 11) is 1.66. The van der Waals surface area contributed by atoms with E-state index >= 15 is 0 Å². The van der Waals surface area contributed by atoms with Gasteiger partial charge in [-0.3, -0.25) is 0 Å². The molecule has 3 rings (SSSR count). The molecule has 1 aliphatic rings. The number of rotatable bonds is 7. The van der Waals surface area contributed by atoms with Gasteiger partial charge in [-0.15, -0.1) is 0 Å². The highest BCUT2D eigenvalue weighted by Crippen LogP contribution is 2.43. The van der Waals surface area contributed by atoms with Crippen molar-refractivity contribution in [3.8, 4) is 5.75 Å². The van der Waals surface area contributed by atoms with Crippen LogP contribution in [0.15, 0.2) is 42.5 Å². The molecule has 0 bridgehead atoms. The van der Waals surface area contributed by atoms with Gasteiger partial charge in [0.25, 0.3) is 0 Å². The quantitative estimate of drug-likeness (QED) is 0.653. The summed E-state index contributed by atoms with van der Waals surface area (Å²) < 4.78 is 17.7. The Labute approximate surface area is 178 Å². The van der Waals surface area contributed by atoms with Crippen LogP contribution < -0.4 is 4.74 Å². The summed E-state index contributed by atoms with van der Waals surface area (Å²) in [6.07, 6.45) is -0.0314. The first kappa shape index (κ1) is 22.1. The maximum Gasteiger partial charge on any atom is 0.118 e. The molecule has 0 amide bonds. The summed E-state index contributed by atoms with van der Waals surface area (Å²) >= 11 is 6.17. The second kappa shape index (κ2) is 9.94. The number of halogens is 1. The lowest BCUT2D eigenvalue weighted by atomic mass is 9.75. The summed E-state index contributed by atoms with van der Waals surface area (Å²) in [5.74, 6) is 2.07. The van der Waals surface area contributed by atoms with E-state index in [0.29, 0.717) is 36.0 Å². The van der Waals surface area contributed by atoms with Crippen molar-refractivity contribution in [1.82, 2.24) is 0 Å². The van der Waals surface area contributed by atoms with E-state index in [1.807, 2.05) is 42.5 Å². The SMILES string of the molecule is COc1ccc(COCC2O[C@@H](c3ccc(Cl)c(CO)c3)C(C)[C@@H](C)[C@@H]2C)cc1. The lowest BCUT2D eigenvalue weighted by Crippen LogP contribution is -2.42. The summed E-state index contributed by atoms with van der Waals surface area (Å²) in [6.45, 7) is 7.76. The Kier molecular flexibility index (Phi) is 7.58. The van der Waals surface area contributed by atoms with Crippen LogP contribution in [0.4, 0.5) is 0 Å².